The molecule has 0 saturated heterocycles. The fourth-order valence-electron chi connectivity index (χ4n) is 1.22. The van der Waals surface area contributed by atoms with Crippen LogP contribution in [-0.2, 0) is 0 Å². The summed E-state index contributed by atoms with van der Waals surface area (Å²) < 4.78 is 0.780. The molecule has 0 aliphatic rings. The second-order valence-electron chi connectivity index (χ2n) is 3.31. The molecule has 2 rings (SSSR count). The summed E-state index contributed by atoms with van der Waals surface area (Å²) in [4.78, 5) is 19.1. The molecule has 0 radical (unpaired) electrons. The Morgan fingerprint density at radius 1 is 1.28 bits per heavy atom. The lowest BCUT2D eigenvalue weighted by Crippen LogP contribution is -1.98. The van der Waals surface area contributed by atoms with Crippen LogP contribution < -0.4 is 5.32 Å². The van der Waals surface area contributed by atoms with Crippen molar-refractivity contribution in [2.45, 2.75) is 0 Å². The second-order valence-corrected chi connectivity index (χ2v) is 5.17. The minimum absolute atomic E-state index is 0.389. The summed E-state index contributed by atoms with van der Waals surface area (Å²) in [7, 11) is 0. The first kappa shape index (κ1) is 13.5. The molecule has 0 bridgehead atoms. The van der Waals surface area contributed by atoms with Crippen molar-refractivity contribution in [1.29, 1.82) is 0 Å². The van der Waals surface area contributed by atoms with Crippen LogP contribution in [0.5, 0.6) is 0 Å². The van der Waals surface area contributed by atoms with Gasteiger partial charge in [0.15, 0.2) is 0 Å². The third kappa shape index (κ3) is 3.30. The fraction of sp³-hybridized carbons (Fsp3) is 0. The number of carbonyl (C=O) groups is 1. The number of aromatic nitrogens is 2. The Labute approximate surface area is 127 Å². The van der Waals surface area contributed by atoms with Crippen LogP contribution in [0.25, 0.3) is 0 Å². The minimum atomic E-state index is -0.491. The largest absolute Gasteiger partial charge is 0.324 e. The van der Waals surface area contributed by atoms with Crippen LogP contribution in [-0.4, -0.2) is 15.2 Å². The number of hydrogen-bond donors (Lipinski definition) is 1. The van der Waals surface area contributed by atoms with Crippen molar-refractivity contribution < 1.29 is 4.79 Å². The van der Waals surface area contributed by atoms with Crippen molar-refractivity contribution in [1.82, 2.24) is 9.97 Å². The van der Waals surface area contributed by atoms with Gasteiger partial charge in [0.2, 0.25) is 5.95 Å². The van der Waals surface area contributed by atoms with Crippen molar-refractivity contribution in [3.05, 3.63) is 44.7 Å². The number of benzene rings is 1. The zero-order chi connectivity index (χ0) is 13.1. The Morgan fingerprint density at radius 3 is 2.50 bits per heavy atom. The number of carbonyl (C=O) groups excluding carboxylic acids is 1. The van der Waals surface area contributed by atoms with E-state index in [1.54, 1.807) is 30.5 Å². The third-order valence-electron chi connectivity index (χ3n) is 2.07. The van der Waals surface area contributed by atoms with E-state index >= 15 is 0 Å². The fourth-order valence-corrected chi connectivity index (χ4v) is 1.73. The van der Waals surface area contributed by atoms with Gasteiger partial charge >= 0.3 is 0 Å². The highest BCUT2D eigenvalue weighted by Gasteiger charge is 2.04. The van der Waals surface area contributed by atoms with E-state index < -0.39 is 5.24 Å². The maximum Gasteiger partial charge on any atom is 0.252 e. The molecule has 18 heavy (non-hydrogen) atoms. The Hall–Kier alpha value is -0.920. The van der Waals surface area contributed by atoms with Gasteiger partial charge in [0.1, 0.15) is 5.15 Å². The Morgan fingerprint density at radius 2 is 1.94 bits per heavy atom. The van der Waals surface area contributed by atoms with Gasteiger partial charge in [-0.2, -0.15) is 4.98 Å². The van der Waals surface area contributed by atoms with Crippen LogP contribution >= 0.6 is 45.8 Å². The standard InChI is InChI=1S/C11H6Cl2IN3O/c12-9-8(14)5-15-11(17-9)16-7-3-1-6(2-4-7)10(13)18/h1-5H,(H,15,16,17). The van der Waals surface area contributed by atoms with Crippen LogP contribution in [0, 0.1) is 3.57 Å². The van der Waals surface area contributed by atoms with E-state index in [0.29, 0.717) is 16.7 Å². The van der Waals surface area contributed by atoms with Crippen molar-refractivity contribution in [3.63, 3.8) is 0 Å². The number of hydrogen-bond acceptors (Lipinski definition) is 4. The second kappa shape index (κ2) is 5.81. The summed E-state index contributed by atoms with van der Waals surface area (Å²) in [6.45, 7) is 0. The molecule has 1 aromatic heterocycles. The molecule has 92 valence electrons. The highest BCUT2D eigenvalue weighted by Crippen LogP contribution is 2.19. The number of nitrogens with one attached hydrogen (secondary N) is 1. The van der Waals surface area contributed by atoms with Crippen LogP contribution in [0.3, 0.4) is 0 Å². The maximum atomic E-state index is 10.9. The summed E-state index contributed by atoms with van der Waals surface area (Å²) in [5.41, 5.74) is 1.18. The average Bonchev–Trinajstić information content (AvgIpc) is 2.34. The molecule has 0 saturated carbocycles. The predicted octanol–water partition coefficient (Wildman–Crippen LogP) is 3.86. The lowest BCUT2D eigenvalue weighted by molar-refractivity contribution is 0.108. The lowest BCUT2D eigenvalue weighted by Gasteiger charge is -2.05. The molecule has 0 atom stereocenters. The number of rotatable bonds is 3. The van der Waals surface area contributed by atoms with Crippen LogP contribution in [0.1, 0.15) is 10.4 Å². The topological polar surface area (TPSA) is 54.9 Å². The highest BCUT2D eigenvalue weighted by atomic mass is 127. The van der Waals surface area contributed by atoms with E-state index in [1.807, 2.05) is 22.6 Å². The van der Waals surface area contributed by atoms with Gasteiger partial charge in [-0.1, -0.05) is 11.6 Å². The summed E-state index contributed by atoms with van der Waals surface area (Å²) in [5.74, 6) is 0.394. The van der Waals surface area contributed by atoms with Gasteiger partial charge in [-0.3, -0.25) is 4.79 Å². The van der Waals surface area contributed by atoms with E-state index in [2.05, 4.69) is 15.3 Å². The molecule has 0 aliphatic carbocycles. The van der Waals surface area contributed by atoms with Crippen LogP contribution in [0.15, 0.2) is 30.5 Å². The van der Waals surface area contributed by atoms with E-state index in [0.717, 1.165) is 9.26 Å². The zero-order valence-electron chi connectivity index (χ0n) is 8.82. The molecule has 0 spiro atoms. The van der Waals surface area contributed by atoms with Crippen LogP contribution in [0.2, 0.25) is 5.15 Å². The van der Waals surface area contributed by atoms with E-state index in [4.69, 9.17) is 23.2 Å². The SMILES string of the molecule is O=C(Cl)c1ccc(Nc2ncc(I)c(Cl)n2)cc1. The first-order valence-corrected chi connectivity index (χ1v) is 6.64. The zero-order valence-corrected chi connectivity index (χ0v) is 12.5. The van der Waals surface area contributed by atoms with Gasteiger partial charge in [-0.25, -0.2) is 4.98 Å². The Bertz CT molecular complexity index is 589. The van der Waals surface area contributed by atoms with Crippen LogP contribution in [0.4, 0.5) is 11.6 Å². The summed E-state index contributed by atoms with van der Waals surface area (Å²) in [5, 5.41) is 2.87. The molecule has 0 fully saturated rings. The molecule has 1 heterocycles. The van der Waals surface area contributed by atoms with Gasteiger partial charge < -0.3 is 5.32 Å². The number of nitrogens with zero attached hydrogens (tertiary/aromatic N) is 2. The molecule has 2 aromatic rings. The van der Waals surface area contributed by atoms with Crippen molar-refractivity contribution in [2.75, 3.05) is 5.32 Å². The third-order valence-corrected chi connectivity index (χ3v) is 3.68. The van der Waals surface area contributed by atoms with Gasteiger partial charge in [0.05, 0.1) is 3.57 Å². The maximum absolute atomic E-state index is 10.9. The molecular formula is C11H6Cl2IN3O. The van der Waals surface area contributed by atoms with Crippen molar-refractivity contribution in [3.8, 4) is 0 Å². The van der Waals surface area contributed by atoms with Crippen molar-refractivity contribution >= 4 is 62.7 Å². The van der Waals surface area contributed by atoms with Gasteiger partial charge in [0, 0.05) is 17.4 Å². The molecule has 0 aliphatic heterocycles. The minimum Gasteiger partial charge on any atom is -0.324 e. The highest BCUT2D eigenvalue weighted by molar-refractivity contribution is 14.1. The molecule has 1 N–H and O–H groups in total. The first-order chi connectivity index (χ1) is 8.56. The monoisotopic (exact) mass is 393 g/mol. The number of halogens is 3. The average molecular weight is 394 g/mol. The molecule has 4 nitrogen and oxygen atoms in total. The smallest absolute Gasteiger partial charge is 0.252 e. The molecule has 0 amide bonds. The molecule has 1 aromatic carbocycles. The number of anilines is 2. The lowest BCUT2D eigenvalue weighted by atomic mass is 10.2. The summed E-state index contributed by atoms with van der Waals surface area (Å²) in [6, 6.07) is 6.66. The summed E-state index contributed by atoms with van der Waals surface area (Å²) in [6.07, 6.45) is 1.62. The van der Waals surface area contributed by atoms with E-state index in [-0.39, 0.29) is 0 Å². The Balaban J connectivity index is 2.18. The summed E-state index contributed by atoms with van der Waals surface area (Å²) >= 11 is 13.3. The predicted molar refractivity (Wildman–Crippen MR) is 79.7 cm³/mol. The quantitative estimate of drug-likeness (QED) is 0.488. The van der Waals surface area contributed by atoms with Gasteiger partial charge in [0.25, 0.3) is 5.24 Å². The molecule has 7 heteroatoms. The van der Waals surface area contributed by atoms with Crippen molar-refractivity contribution in [2.24, 2.45) is 0 Å². The van der Waals surface area contributed by atoms with E-state index in [9.17, 15) is 4.79 Å². The van der Waals surface area contributed by atoms with Gasteiger partial charge in [-0.05, 0) is 58.5 Å². The molecule has 0 unspecified atom stereocenters. The Kier molecular flexibility index (Phi) is 4.36. The normalized spacial score (nSPS) is 10.2. The first-order valence-electron chi connectivity index (χ1n) is 4.81. The molecular weight excluding hydrogens is 388 g/mol. The van der Waals surface area contributed by atoms with E-state index in [1.165, 1.54) is 0 Å². The van der Waals surface area contributed by atoms with Gasteiger partial charge in [-0.15, -0.1) is 0 Å².